The van der Waals surface area contributed by atoms with Gasteiger partial charge in [0.05, 0.1) is 36.9 Å². The molecule has 2 aliphatic rings. The van der Waals surface area contributed by atoms with Crippen molar-refractivity contribution in [1.29, 1.82) is 0 Å². The number of aliphatic hydroxyl groups is 1. The van der Waals surface area contributed by atoms with E-state index in [0.29, 0.717) is 13.1 Å². The molecule has 0 spiro atoms. The first-order chi connectivity index (χ1) is 12.3. The maximum atomic E-state index is 12.3. The summed E-state index contributed by atoms with van der Waals surface area (Å²) in [6.07, 6.45) is 3.47. The number of hydrogen-bond acceptors (Lipinski definition) is 4. The standard InChI is InChI=1S/C20H25N3O3/c1-20(2,3)26-19(25)22-9-8-15(17(24)11-22)18-14-7-5-4-6-13(14)16-10-21-12-23(16)18/h4-7,10,12,15,17-18,24H,8-9,11H2,1-3H3/t15-,17-,18-/m0/s1. The molecule has 0 aliphatic carbocycles. The van der Waals surface area contributed by atoms with Gasteiger partial charge in [0.2, 0.25) is 0 Å². The van der Waals surface area contributed by atoms with Crippen LogP contribution in [0, 0.1) is 5.92 Å². The number of amides is 1. The average Bonchev–Trinajstić information content (AvgIpc) is 3.14. The number of likely N-dealkylation sites (tertiary alicyclic amines) is 1. The van der Waals surface area contributed by atoms with E-state index in [1.165, 1.54) is 11.1 Å². The van der Waals surface area contributed by atoms with Crippen molar-refractivity contribution in [2.45, 2.75) is 44.9 Å². The Kier molecular flexibility index (Phi) is 4.03. The third-order valence-corrected chi connectivity index (χ3v) is 5.21. The van der Waals surface area contributed by atoms with Crippen LogP contribution in [0.4, 0.5) is 4.79 Å². The van der Waals surface area contributed by atoms with Crippen molar-refractivity contribution < 1.29 is 14.6 Å². The molecule has 4 rings (SSSR count). The summed E-state index contributed by atoms with van der Waals surface area (Å²) in [5.41, 5.74) is 2.96. The molecule has 1 aromatic heterocycles. The number of carbonyl (C=O) groups is 1. The van der Waals surface area contributed by atoms with Crippen molar-refractivity contribution in [2.24, 2.45) is 5.92 Å². The minimum atomic E-state index is -0.609. The number of β-amino-alcohol motifs (C(OH)–C–C–N with tert-alkyl or cyclic N) is 1. The lowest BCUT2D eigenvalue weighted by atomic mass is 9.83. The topological polar surface area (TPSA) is 67.6 Å². The van der Waals surface area contributed by atoms with E-state index in [4.69, 9.17) is 4.74 Å². The van der Waals surface area contributed by atoms with Crippen molar-refractivity contribution in [1.82, 2.24) is 14.5 Å². The van der Waals surface area contributed by atoms with Gasteiger partial charge in [0.1, 0.15) is 5.60 Å². The second-order valence-electron chi connectivity index (χ2n) is 8.16. The first-order valence-electron chi connectivity index (χ1n) is 9.12. The zero-order valence-electron chi connectivity index (χ0n) is 15.4. The lowest BCUT2D eigenvalue weighted by Crippen LogP contribution is -2.50. The van der Waals surface area contributed by atoms with Crippen molar-refractivity contribution in [2.75, 3.05) is 13.1 Å². The van der Waals surface area contributed by atoms with Gasteiger partial charge in [-0.25, -0.2) is 9.78 Å². The molecular formula is C20H25N3O3. The molecule has 3 atom stereocenters. The van der Waals surface area contributed by atoms with Gasteiger partial charge in [-0.15, -0.1) is 0 Å². The fourth-order valence-corrected chi connectivity index (χ4v) is 4.12. The predicted molar refractivity (Wildman–Crippen MR) is 97.7 cm³/mol. The van der Waals surface area contributed by atoms with Gasteiger partial charge in [0, 0.05) is 18.0 Å². The van der Waals surface area contributed by atoms with Gasteiger partial charge in [0.15, 0.2) is 0 Å². The molecule has 0 saturated carbocycles. The summed E-state index contributed by atoms with van der Waals surface area (Å²) in [7, 11) is 0. The number of fused-ring (bicyclic) bond motifs is 3. The Morgan fingerprint density at radius 2 is 2.08 bits per heavy atom. The van der Waals surface area contributed by atoms with E-state index < -0.39 is 11.7 Å². The number of rotatable bonds is 1. The predicted octanol–water partition coefficient (Wildman–Crippen LogP) is 3.07. The van der Waals surface area contributed by atoms with Crippen LogP contribution in [0.1, 0.15) is 38.8 Å². The SMILES string of the molecule is CC(C)(C)OC(=O)N1CC[C@H]([C@@H]2c3ccccc3-c3cncn32)[C@@H](O)C1. The fourth-order valence-electron chi connectivity index (χ4n) is 4.12. The summed E-state index contributed by atoms with van der Waals surface area (Å²) in [5.74, 6) is 0.0327. The summed E-state index contributed by atoms with van der Waals surface area (Å²) >= 11 is 0. The Labute approximate surface area is 153 Å². The van der Waals surface area contributed by atoms with Crippen LogP contribution in [0.25, 0.3) is 11.3 Å². The summed E-state index contributed by atoms with van der Waals surface area (Å²) in [6.45, 7) is 6.43. The van der Waals surface area contributed by atoms with Gasteiger partial charge < -0.3 is 19.3 Å². The highest BCUT2D eigenvalue weighted by Gasteiger charge is 2.41. The smallest absolute Gasteiger partial charge is 0.410 e. The zero-order chi connectivity index (χ0) is 18.5. The van der Waals surface area contributed by atoms with E-state index in [2.05, 4.69) is 21.7 Å². The molecule has 26 heavy (non-hydrogen) atoms. The van der Waals surface area contributed by atoms with Crippen LogP contribution < -0.4 is 0 Å². The minimum Gasteiger partial charge on any atom is -0.444 e. The second-order valence-corrected chi connectivity index (χ2v) is 8.16. The third-order valence-electron chi connectivity index (χ3n) is 5.21. The monoisotopic (exact) mass is 355 g/mol. The average molecular weight is 355 g/mol. The molecule has 1 aromatic carbocycles. The Morgan fingerprint density at radius 3 is 2.81 bits per heavy atom. The molecule has 138 valence electrons. The van der Waals surface area contributed by atoms with Crippen LogP contribution >= 0.6 is 0 Å². The molecule has 1 fully saturated rings. The van der Waals surface area contributed by atoms with Crippen LogP contribution in [-0.4, -0.2) is 50.4 Å². The van der Waals surface area contributed by atoms with Gasteiger partial charge >= 0.3 is 6.09 Å². The number of carbonyl (C=O) groups excluding carboxylic acids is 1. The first-order valence-corrected chi connectivity index (χ1v) is 9.12. The van der Waals surface area contributed by atoms with Gasteiger partial charge in [-0.05, 0) is 32.8 Å². The molecule has 1 N–H and O–H groups in total. The second kappa shape index (κ2) is 6.13. The molecule has 0 bridgehead atoms. The summed E-state index contributed by atoms with van der Waals surface area (Å²) in [6, 6.07) is 8.35. The summed E-state index contributed by atoms with van der Waals surface area (Å²) in [5, 5.41) is 10.9. The number of piperidine rings is 1. The summed E-state index contributed by atoms with van der Waals surface area (Å²) < 4.78 is 7.60. The van der Waals surface area contributed by atoms with E-state index in [-0.39, 0.29) is 18.1 Å². The molecule has 1 saturated heterocycles. The van der Waals surface area contributed by atoms with Crippen LogP contribution in [0.2, 0.25) is 0 Å². The molecule has 0 unspecified atom stereocenters. The number of benzene rings is 1. The van der Waals surface area contributed by atoms with E-state index >= 15 is 0 Å². The number of hydrogen-bond donors (Lipinski definition) is 1. The molecule has 2 aromatic rings. The van der Waals surface area contributed by atoms with Crippen LogP contribution in [0.15, 0.2) is 36.8 Å². The highest BCUT2D eigenvalue weighted by molar-refractivity contribution is 5.70. The molecule has 2 aliphatic heterocycles. The number of aliphatic hydroxyl groups excluding tert-OH is 1. The van der Waals surface area contributed by atoms with Crippen LogP contribution in [0.5, 0.6) is 0 Å². The maximum Gasteiger partial charge on any atom is 0.410 e. The molecule has 6 heteroatoms. The minimum absolute atomic E-state index is 0.0327. The Morgan fingerprint density at radius 1 is 1.31 bits per heavy atom. The molecule has 0 radical (unpaired) electrons. The quantitative estimate of drug-likeness (QED) is 0.854. The highest BCUT2D eigenvalue weighted by atomic mass is 16.6. The number of nitrogens with zero attached hydrogens (tertiary/aromatic N) is 3. The van der Waals surface area contributed by atoms with Gasteiger partial charge in [-0.2, -0.15) is 0 Å². The van der Waals surface area contributed by atoms with E-state index in [0.717, 1.165) is 12.1 Å². The third kappa shape index (κ3) is 2.88. The van der Waals surface area contributed by atoms with E-state index in [1.807, 2.05) is 45.4 Å². The number of aromatic nitrogens is 2. The van der Waals surface area contributed by atoms with Crippen molar-refractivity contribution >= 4 is 6.09 Å². The lowest BCUT2D eigenvalue weighted by molar-refractivity contribution is -0.0193. The zero-order valence-corrected chi connectivity index (χ0v) is 15.4. The van der Waals surface area contributed by atoms with Gasteiger partial charge in [-0.3, -0.25) is 0 Å². The van der Waals surface area contributed by atoms with Crippen molar-refractivity contribution in [3.8, 4) is 11.3 Å². The van der Waals surface area contributed by atoms with Gasteiger partial charge in [-0.1, -0.05) is 24.3 Å². The van der Waals surface area contributed by atoms with E-state index in [1.54, 1.807) is 4.90 Å². The maximum absolute atomic E-state index is 12.3. The van der Waals surface area contributed by atoms with E-state index in [9.17, 15) is 9.90 Å². The van der Waals surface area contributed by atoms with Crippen molar-refractivity contribution in [3.05, 3.63) is 42.4 Å². The summed E-state index contributed by atoms with van der Waals surface area (Å²) in [4.78, 5) is 18.2. The van der Waals surface area contributed by atoms with Crippen molar-refractivity contribution in [3.63, 3.8) is 0 Å². The molecule has 1 amide bonds. The largest absolute Gasteiger partial charge is 0.444 e. The Balaban J connectivity index is 1.55. The molecular weight excluding hydrogens is 330 g/mol. The van der Waals surface area contributed by atoms with Gasteiger partial charge in [0.25, 0.3) is 0 Å². The molecule has 6 nitrogen and oxygen atoms in total. The lowest BCUT2D eigenvalue weighted by Gasteiger charge is -2.39. The first kappa shape index (κ1) is 17.1. The number of imidazole rings is 1. The molecule has 3 heterocycles. The highest BCUT2D eigenvalue weighted by Crippen LogP contribution is 2.45. The van der Waals surface area contributed by atoms with Crippen LogP contribution in [0.3, 0.4) is 0 Å². The fraction of sp³-hybridized carbons (Fsp3) is 0.500. The Hall–Kier alpha value is -2.34. The normalized spacial score (nSPS) is 24.9. The Bertz CT molecular complexity index is 824. The van der Waals surface area contributed by atoms with Crippen LogP contribution in [-0.2, 0) is 4.74 Å². The number of ether oxygens (including phenoxy) is 1.